The Kier molecular flexibility index (Phi) is 14.8. The van der Waals surface area contributed by atoms with E-state index < -0.39 is 99.0 Å². The molecule has 1 aliphatic heterocycles. The molecule has 1 heterocycles. The number of carboxylic acid groups (broad SMARTS) is 1. The molecule has 1 spiro atoms. The summed E-state index contributed by atoms with van der Waals surface area (Å²) in [5.74, 6) is -3.38. The van der Waals surface area contributed by atoms with Crippen LogP contribution in [0.3, 0.4) is 0 Å². The van der Waals surface area contributed by atoms with Gasteiger partial charge < -0.3 is 38.6 Å². The molecule has 0 unspecified atom stereocenters. The average Bonchev–Trinajstić information content (AvgIpc) is 3.12. The van der Waals surface area contributed by atoms with Crippen molar-refractivity contribution < 1.29 is 133 Å². The van der Waals surface area contributed by atoms with Crippen molar-refractivity contribution >= 4 is 32.7 Å². The molecule has 274 valence electrons. The number of esters is 1. The zero-order valence-electron chi connectivity index (χ0n) is 29.0. The molecule has 0 aromatic heterocycles. The maximum absolute atomic E-state index is 12.9. The number of rotatable bonds is 11. The quantitative estimate of drug-likeness (QED) is 0.0444. The van der Waals surface area contributed by atoms with Gasteiger partial charge in [-0.3, -0.25) is 18.0 Å². The minimum Gasteiger partial charge on any atom is -0.726 e. The first-order chi connectivity index (χ1) is 22.2. The van der Waals surface area contributed by atoms with Crippen LogP contribution in [0.15, 0.2) is 12.2 Å². The van der Waals surface area contributed by atoms with Gasteiger partial charge in [-0.05, 0) is 79.6 Å². The van der Waals surface area contributed by atoms with E-state index >= 15 is 0 Å². The minimum atomic E-state index is -5.69. The number of fused-ring (bicyclic) bond motifs is 3. The fourth-order valence-corrected chi connectivity index (χ4v) is 10.8. The molecule has 1 saturated heterocycles. The van der Waals surface area contributed by atoms with Crippen molar-refractivity contribution in [2.75, 3.05) is 6.61 Å². The predicted molar refractivity (Wildman–Crippen MR) is 159 cm³/mol. The van der Waals surface area contributed by atoms with E-state index in [0.717, 1.165) is 24.8 Å². The van der Waals surface area contributed by atoms with Crippen LogP contribution in [-0.2, 0) is 53.0 Å². The Hall–Kier alpha value is 0.260. The van der Waals surface area contributed by atoms with Crippen molar-refractivity contribution in [1.82, 2.24) is 0 Å². The first-order valence-corrected chi connectivity index (χ1v) is 18.8. The molecule has 0 aromatic rings. The Morgan fingerprint density at radius 3 is 2.20 bits per heavy atom. The summed E-state index contributed by atoms with van der Waals surface area (Å²) in [6, 6.07) is 0. The summed E-state index contributed by atoms with van der Waals surface area (Å²) >= 11 is 0. The first-order valence-electron chi connectivity index (χ1n) is 16.2. The number of aliphatic hydroxyl groups is 2. The normalized spacial score (nSPS) is 41.3. The van der Waals surface area contributed by atoms with Crippen LogP contribution in [0.25, 0.3) is 0 Å². The molecule has 5 rings (SSSR count). The summed E-state index contributed by atoms with van der Waals surface area (Å²) in [7, 11) is -11.3. The second-order valence-electron chi connectivity index (χ2n) is 14.8. The Balaban J connectivity index is 0.00000338. The summed E-state index contributed by atoms with van der Waals surface area (Å²) in [5, 5.41) is 31.9. The van der Waals surface area contributed by atoms with Crippen molar-refractivity contribution in [2.45, 2.75) is 115 Å². The molecular weight excluding hydrogens is 726 g/mol. The van der Waals surface area contributed by atoms with Crippen molar-refractivity contribution in [3.05, 3.63) is 12.2 Å². The van der Waals surface area contributed by atoms with Crippen LogP contribution in [0.5, 0.6) is 0 Å². The number of hydrogen-bond acceptors (Lipinski definition) is 15. The number of ether oxygens (including phenoxy) is 3. The second kappa shape index (κ2) is 16.5. The molecule has 3 N–H and O–H groups in total. The zero-order chi connectivity index (χ0) is 35.6. The largest absolute Gasteiger partial charge is 1.00 e. The van der Waals surface area contributed by atoms with Gasteiger partial charge in [-0.25, -0.2) is 16.8 Å². The van der Waals surface area contributed by atoms with Crippen LogP contribution in [0.4, 0.5) is 0 Å². The fraction of sp³-hybridized carbons (Fsp3) is 0.867. The van der Waals surface area contributed by atoms with Gasteiger partial charge in [0.05, 0.1) is 24.7 Å². The minimum absolute atomic E-state index is 0. The predicted octanol–water partition coefficient (Wildman–Crippen LogP) is -5.01. The summed E-state index contributed by atoms with van der Waals surface area (Å²) in [4.78, 5) is 25.6. The molecule has 0 aromatic carbocycles. The summed E-state index contributed by atoms with van der Waals surface area (Å²) in [5.41, 5.74) is -0.359. The van der Waals surface area contributed by atoms with Crippen LogP contribution < -0.4 is 59.1 Å². The van der Waals surface area contributed by atoms with Crippen molar-refractivity contribution in [1.29, 1.82) is 0 Å². The molecule has 4 saturated carbocycles. The third-order valence-corrected chi connectivity index (χ3v) is 12.4. The van der Waals surface area contributed by atoms with Crippen LogP contribution in [0.2, 0.25) is 0 Å². The van der Waals surface area contributed by atoms with E-state index in [4.69, 9.17) is 14.2 Å². The van der Waals surface area contributed by atoms with E-state index in [9.17, 15) is 50.8 Å². The monoisotopic (exact) mass is 770 g/mol. The standard InChI is InChI=1S/C30H46O16S2.2Na/c1-14(2)9-22(32)44-25-24(46-48(39,40)41)23(45-47(36,37)38)20(13-31)43-28(25)42-17-10-18(27(34)35)19-7-8-30-11-16(15(3)26(30)33)5-6-21(30)29(19,4)12-17;;/h14,16-21,23-26,28,31,33H,3,5-13H2,1-2,4H3,(H,34,35)(H,36,37,38)(H,39,40,41);;/q;2*+1/p-2/t16-,17-,18-,19-,20-,21+,23-,24+,25-,26+,28-,29-,30-;;/m1../s1. The second-order valence-corrected chi connectivity index (χ2v) is 16.8. The summed E-state index contributed by atoms with van der Waals surface area (Å²) in [6.45, 7) is 8.41. The van der Waals surface area contributed by atoms with Gasteiger partial charge in [0.2, 0.25) is 20.8 Å². The van der Waals surface area contributed by atoms with Gasteiger partial charge in [0.15, 0.2) is 12.4 Å². The van der Waals surface area contributed by atoms with Gasteiger partial charge in [0.1, 0.15) is 18.3 Å². The molecule has 13 atom stereocenters. The van der Waals surface area contributed by atoms with Gasteiger partial charge in [-0.2, -0.15) is 0 Å². The Morgan fingerprint density at radius 1 is 1.02 bits per heavy atom. The fourth-order valence-electron chi connectivity index (χ4n) is 9.81. The Labute approximate surface area is 336 Å². The molecule has 0 radical (unpaired) electrons. The van der Waals surface area contributed by atoms with Crippen molar-refractivity contribution in [3.63, 3.8) is 0 Å². The molecule has 4 aliphatic carbocycles. The van der Waals surface area contributed by atoms with Crippen LogP contribution in [0.1, 0.15) is 72.1 Å². The number of carboxylic acids is 1. The van der Waals surface area contributed by atoms with E-state index in [2.05, 4.69) is 14.9 Å². The molecule has 16 nitrogen and oxygen atoms in total. The van der Waals surface area contributed by atoms with Gasteiger partial charge in [0.25, 0.3) is 0 Å². The number of hydrogen-bond donors (Lipinski definition) is 3. The van der Waals surface area contributed by atoms with E-state index in [1.54, 1.807) is 13.8 Å². The topological polar surface area (TPSA) is 255 Å². The zero-order valence-corrected chi connectivity index (χ0v) is 34.6. The van der Waals surface area contributed by atoms with Crippen LogP contribution >= 0.6 is 0 Å². The van der Waals surface area contributed by atoms with Gasteiger partial charge in [-0.1, -0.05) is 27.4 Å². The maximum atomic E-state index is 12.9. The van der Waals surface area contributed by atoms with E-state index in [1.807, 2.05) is 6.92 Å². The van der Waals surface area contributed by atoms with E-state index in [0.29, 0.717) is 12.8 Å². The molecular formula is C30H44Na2O16S2. The first kappa shape index (κ1) is 44.7. The molecule has 5 aliphatic rings. The Bertz CT molecular complexity index is 1490. The summed E-state index contributed by atoms with van der Waals surface area (Å²) < 4.78 is 96.9. The van der Waals surface area contributed by atoms with Gasteiger partial charge in [-0.15, -0.1) is 0 Å². The maximum Gasteiger partial charge on any atom is 1.00 e. The molecule has 5 fully saturated rings. The van der Waals surface area contributed by atoms with Crippen LogP contribution in [-0.4, -0.2) is 103 Å². The van der Waals surface area contributed by atoms with Crippen molar-refractivity contribution in [3.8, 4) is 0 Å². The van der Waals surface area contributed by atoms with Crippen molar-refractivity contribution in [2.24, 2.45) is 40.4 Å². The molecule has 50 heavy (non-hydrogen) atoms. The number of carbonyl (C=O) groups is 2. The van der Waals surface area contributed by atoms with Crippen LogP contribution in [0, 0.1) is 40.4 Å². The number of aliphatic hydroxyl groups excluding tert-OH is 2. The van der Waals surface area contributed by atoms with E-state index in [-0.39, 0.29) is 102 Å². The Morgan fingerprint density at radius 2 is 1.64 bits per heavy atom. The molecule has 0 amide bonds. The van der Waals surface area contributed by atoms with Gasteiger partial charge in [0, 0.05) is 11.8 Å². The average molecular weight is 771 g/mol. The molecule has 20 heteroatoms. The summed E-state index contributed by atoms with van der Waals surface area (Å²) in [6.07, 6.45) is -8.49. The smallest absolute Gasteiger partial charge is 0.726 e. The SMILES string of the molecule is C=C1[C@@H]2CC[C@H]3[C@]4(C)C[C@H](O[C@@H]5O[C@H](CO)[C@@H](OS(=O)(=O)[O-])[C@H](OS(=O)(=O)[O-])[C@H]5OC(=O)CC(C)C)C[C@@H](C(=O)O)[C@H]4CC[C@]3(C2)[C@H]1O.[Na+].[Na+]. The molecule has 2 bridgehead atoms. The van der Waals surface area contributed by atoms with E-state index in [1.165, 1.54) is 0 Å². The van der Waals surface area contributed by atoms with Gasteiger partial charge >= 0.3 is 71.1 Å². The third-order valence-electron chi connectivity index (χ3n) is 11.5. The number of aliphatic carboxylic acids is 1. The third kappa shape index (κ3) is 9.03. The number of carbonyl (C=O) groups excluding carboxylic acids is 1.